The van der Waals surface area contributed by atoms with Crippen molar-refractivity contribution in [2.24, 2.45) is 0 Å². The summed E-state index contributed by atoms with van der Waals surface area (Å²) in [5.74, 6) is 0.323. The average molecular weight is 358 g/mol. The number of benzene rings is 2. The number of hydrogen-bond donors (Lipinski definition) is 1. The third-order valence-corrected chi connectivity index (χ3v) is 4.82. The first kappa shape index (κ1) is 15.6. The van der Waals surface area contributed by atoms with Gasteiger partial charge in [-0.05, 0) is 29.8 Å². The van der Waals surface area contributed by atoms with Crippen molar-refractivity contribution in [2.45, 2.75) is 12.3 Å². The number of fused-ring (bicyclic) bond motifs is 3. The number of hydrogen-bond acceptors (Lipinski definition) is 8. The first-order valence-electron chi connectivity index (χ1n) is 7.53. The van der Waals surface area contributed by atoms with E-state index in [2.05, 4.69) is 8.75 Å². The van der Waals surface area contributed by atoms with E-state index in [-0.39, 0.29) is 35.6 Å². The monoisotopic (exact) mass is 358 g/mol. The Labute approximate surface area is 147 Å². The Balaban J connectivity index is 1.95. The summed E-state index contributed by atoms with van der Waals surface area (Å²) in [4.78, 5) is 12.1. The van der Waals surface area contributed by atoms with Crippen LogP contribution < -0.4 is 14.2 Å². The molecule has 2 aromatic carbocycles. The van der Waals surface area contributed by atoms with Gasteiger partial charge in [-0.1, -0.05) is 0 Å². The van der Waals surface area contributed by atoms with Crippen LogP contribution in [0.25, 0.3) is 11.0 Å². The number of phenolic OH excluding ortho intramolecular Hbond substituents is 1. The summed E-state index contributed by atoms with van der Waals surface area (Å²) >= 11 is 1.11. The number of methoxy groups -OCH3 is 2. The van der Waals surface area contributed by atoms with Gasteiger partial charge in [0.05, 0.1) is 32.4 Å². The van der Waals surface area contributed by atoms with Gasteiger partial charge in [0.2, 0.25) is 5.75 Å². The zero-order valence-corrected chi connectivity index (χ0v) is 14.3. The summed E-state index contributed by atoms with van der Waals surface area (Å²) in [5, 5.41) is 10.1. The van der Waals surface area contributed by atoms with Gasteiger partial charge in [0, 0.05) is 11.5 Å². The molecule has 1 aliphatic heterocycles. The minimum Gasteiger partial charge on any atom is -0.502 e. The minimum absolute atomic E-state index is 0.0825. The average Bonchev–Trinajstić information content (AvgIpc) is 3.09. The first-order chi connectivity index (χ1) is 12.1. The molecule has 128 valence electrons. The number of nitrogens with zero attached hydrogens (tertiary/aromatic N) is 2. The molecule has 8 heteroatoms. The maximum absolute atomic E-state index is 12.1. The second-order valence-corrected chi connectivity index (χ2v) is 6.14. The number of ether oxygens (including phenoxy) is 3. The lowest BCUT2D eigenvalue weighted by Gasteiger charge is -2.25. The Bertz CT molecular complexity index is 959. The molecule has 0 saturated heterocycles. The second-order valence-electron chi connectivity index (χ2n) is 5.61. The van der Waals surface area contributed by atoms with Gasteiger partial charge in [0.1, 0.15) is 16.8 Å². The largest absolute Gasteiger partial charge is 0.502 e. The number of aromatic hydroxyl groups is 1. The van der Waals surface area contributed by atoms with E-state index in [0.29, 0.717) is 11.3 Å². The molecule has 0 saturated carbocycles. The van der Waals surface area contributed by atoms with Crippen molar-refractivity contribution in [1.82, 2.24) is 8.75 Å². The van der Waals surface area contributed by atoms with Gasteiger partial charge < -0.3 is 19.3 Å². The summed E-state index contributed by atoms with van der Waals surface area (Å²) in [7, 11) is 2.92. The highest BCUT2D eigenvalue weighted by atomic mass is 32.1. The highest BCUT2D eigenvalue weighted by molar-refractivity contribution is 7.00. The van der Waals surface area contributed by atoms with Gasteiger partial charge in [-0.15, -0.1) is 0 Å². The molecule has 0 radical (unpaired) electrons. The summed E-state index contributed by atoms with van der Waals surface area (Å²) in [6.45, 7) is 0. The van der Waals surface area contributed by atoms with E-state index in [1.807, 2.05) is 0 Å². The van der Waals surface area contributed by atoms with Crippen molar-refractivity contribution in [3.8, 4) is 23.0 Å². The van der Waals surface area contributed by atoms with Crippen molar-refractivity contribution < 1.29 is 24.1 Å². The smallest absolute Gasteiger partial charge is 0.312 e. The number of phenols is 1. The predicted molar refractivity (Wildman–Crippen MR) is 90.7 cm³/mol. The van der Waals surface area contributed by atoms with Crippen LogP contribution in [0.5, 0.6) is 23.0 Å². The fraction of sp³-hybridized carbons (Fsp3) is 0.235. The van der Waals surface area contributed by atoms with E-state index in [1.165, 1.54) is 14.2 Å². The molecule has 1 N–H and O–H groups in total. The van der Waals surface area contributed by atoms with Crippen molar-refractivity contribution in [1.29, 1.82) is 0 Å². The van der Waals surface area contributed by atoms with E-state index in [9.17, 15) is 9.90 Å². The molecule has 0 spiro atoms. The molecule has 1 aliphatic rings. The van der Waals surface area contributed by atoms with Gasteiger partial charge in [-0.25, -0.2) is 0 Å². The topological polar surface area (TPSA) is 90.8 Å². The maximum atomic E-state index is 12.1. The highest BCUT2D eigenvalue weighted by Gasteiger charge is 2.32. The van der Waals surface area contributed by atoms with Crippen molar-refractivity contribution >= 4 is 28.7 Å². The summed E-state index contributed by atoms with van der Waals surface area (Å²) in [5.41, 5.74) is 3.04. The summed E-state index contributed by atoms with van der Waals surface area (Å²) < 4.78 is 24.5. The van der Waals surface area contributed by atoms with Crippen LogP contribution in [0.4, 0.5) is 0 Å². The van der Waals surface area contributed by atoms with Crippen LogP contribution in [0.3, 0.4) is 0 Å². The zero-order valence-electron chi connectivity index (χ0n) is 13.5. The lowest BCUT2D eigenvalue weighted by atomic mass is 9.85. The normalized spacial score (nSPS) is 16.4. The van der Waals surface area contributed by atoms with E-state index in [0.717, 1.165) is 28.4 Å². The lowest BCUT2D eigenvalue weighted by Crippen LogP contribution is -2.21. The molecule has 0 bridgehead atoms. The van der Waals surface area contributed by atoms with Crippen LogP contribution in [0.15, 0.2) is 24.3 Å². The summed E-state index contributed by atoms with van der Waals surface area (Å²) in [6.07, 6.45) is 0.153. The lowest BCUT2D eigenvalue weighted by molar-refractivity contribution is -0.135. The fourth-order valence-electron chi connectivity index (χ4n) is 3.11. The molecule has 25 heavy (non-hydrogen) atoms. The molecule has 1 atom stereocenters. The van der Waals surface area contributed by atoms with Gasteiger partial charge >= 0.3 is 5.97 Å². The van der Waals surface area contributed by atoms with E-state index in [4.69, 9.17) is 14.2 Å². The van der Waals surface area contributed by atoms with Gasteiger partial charge in [-0.2, -0.15) is 8.75 Å². The Morgan fingerprint density at radius 2 is 1.92 bits per heavy atom. The SMILES string of the molecule is COc1cc(C2CC(=O)Oc3ccc4nsnc4c32)cc(OC)c1O. The number of esters is 1. The number of carbonyl (C=O) groups is 1. The van der Waals surface area contributed by atoms with Crippen molar-refractivity contribution in [3.05, 3.63) is 35.4 Å². The highest BCUT2D eigenvalue weighted by Crippen LogP contribution is 2.46. The maximum Gasteiger partial charge on any atom is 0.312 e. The molecular formula is C17H14N2O5S. The fourth-order valence-corrected chi connectivity index (χ4v) is 3.66. The Hall–Kier alpha value is -2.87. The predicted octanol–water partition coefficient (Wildman–Crippen LogP) is 2.86. The van der Waals surface area contributed by atoms with E-state index < -0.39 is 0 Å². The third kappa shape index (κ3) is 2.45. The molecule has 0 amide bonds. The van der Waals surface area contributed by atoms with E-state index in [1.54, 1.807) is 24.3 Å². The van der Waals surface area contributed by atoms with Gasteiger partial charge in [0.15, 0.2) is 11.5 Å². The molecule has 3 aromatic rings. The minimum atomic E-state index is -0.328. The third-order valence-electron chi connectivity index (χ3n) is 4.27. The molecule has 0 fully saturated rings. The number of aromatic nitrogens is 2. The van der Waals surface area contributed by atoms with Crippen molar-refractivity contribution in [2.75, 3.05) is 14.2 Å². The standard InChI is InChI=1S/C17H14N2O5S/c1-22-12-5-8(6-13(23-2)17(12)21)9-7-14(20)24-11-4-3-10-16(15(9)11)19-25-18-10/h3-6,9,21H,7H2,1-2H3. The first-order valence-corrected chi connectivity index (χ1v) is 8.26. The van der Waals surface area contributed by atoms with Crippen LogP contribution in [0.1, 0.15) is 23.5 Å². The molecular weight excluding hydrogens is 344 g/mol. The molecule has 1 aromatic heterocycles. The molecule has 4 rings (SSSR count). The van der Waals surface area contributed by atoms with Gasteiger partial charge in [0.25, 0.3) is 0 Å². The second kappa shape index (κ2) is 5.89. The molecule has 2 heterocycles. The van der Waals surface area contributed by atoms with Crippen LogP contribution in [-0.4, -0.2) is 34.0 Å². The van der Waals surface area contributed by atoms with E-state index >= 15 is 0 Å². The Morgan fingerprint density at radius 1 is 1.20 bits per heavy atom. The summed E-state index contributed by atoms with van der Waals surface area (Å²) in [6, 6.07) is 6.91. The molecule has 7 nitrogen and oxygen atoms in total. The van der Waals surface area contributed by atoms with Crippen LogP contribution in [0, 0.1) is 0 Å². The molecule has 0 aliphatic carbocycles. The van der Waals surface area contributed by atoms with Crippen LogP contribution >= 0.6 is 11.7 Å². The van der Waals surface area contributed by atoms with Crippen LogP contribution in [0.2, 0.25) is 0 Å². The number of rotatable bonds is 3. The quantitative estimate of drug-likeness (QED) is 0.568. The van der Waals surface area contributed by atoms with Gasteiger partial charge in [-0.3, -0.25) is 4.79 Å². The zero-order chi connectivity index (χ0) is 17.6. The molecule has 1 unspecified atom stereocenters. The van der Waals surface area contributed by atoms with Crippen LogP contribution in [-0.2, 0) is 4.79 Å². The Kier molecular flexibility index (Phi) is 3.69. The number of carbonyl (C=O) groups excluding carboxylic acids is 1. The Morgan fingerprint density at radius 3 is 2.60 bits per heavy atom. The van der Waals surface area contributed by atoms with Crippen molar-refractivity contribution in [3.63, 3.8) is 0 Å².